The van der Waals surface area contributed by atoms with Crippen LogP contribution in [0.2, 0.25) is 0 Å². The van der Waals surface area contributed by atoms with Crippen molar-refractivity contribution >= 4 is 5.97 Å². The normalized spacial score (nSPS) is 21.2. The molecule has 4 nitrogen and oxygen atoms in total. The summed E-state index contributed by atoms with van der Waals surface area (Å²) >= 11 is 0. The Labute approximate surface area is 150 Å². The number of nitriles is 1. The van der Waals surface area contributed by atoms with Gasteiger partial charge in [0, 0.05) is 18.2 Å². The summed E-state index contributed by atoms with van der Waals surface area (Å²) in [5, 5.41) is 8.85. The lowest BCUT2D eigenvalue weighted by molar-refractivity contribution is -0.147. The smallest absolute Gasteiger partial charge is 0.310 e. The van der Waals surface area contributed by atoms with Crippen molar-refractivity contribution in [2.45, 2.75) is 34.0 Å². The average molecular weight is 367 g/mol. The molecule has 0 unspecified atom stereocenters. The number of esters is 1. The summed E-state index contributed by atoms with van der Waals surface area (Å²) in [4.78, 5) is 12.3. The molecular weight excluding hydrogens is 347 g/mol. The molecule has 2 atom stereocenters. The maximum Gasteiger partial charge on any atom is 0.310 e. The van der Waals surface area contributed by atoms with Crippen LogP contribution in [-0.4, -0.2) is 13.1 Å². The molecule has 0 amide bonds. The van der Waals surface area contributed by atoms with E-state index in [2.05, 4.69) is 4.74 Å². The first kappa shape index (κ1) is 20.0. The van der Waals surface area contributed by atoms with Crippen LogP contribution < -0.4 is 0 Å². The van der Waals surface area contributed by atoms with E-state index in [4.69, 9.17) is 10.00 Å². The van der Waals surface area contributed by atoms with E-state index in [0.29, 0.717) is 5.57 Å². The standard InChI is InChI=1S/C19H20F3NO3/c1-10(7-23)5-13-15(19(13,2)3)18(24)26-8-11-6-14(20)12(9-25-4)17(22)16(11)21/h5-6,13,15H,8-9H2,1-4H3/b10-5-/t13-,15+/m1/s1. The highest BCUT2D eigenvalue weighted by atomic mass is 19.2. The predicted octanol–water partition coefficient (Wildman–Crippen LogP) is 4.04. The maximum atomic E-state index is 14.0. The van der Waals surface area contributed by atoms with E-state index >= 15 is 0 Å². The van der Waals surface area contributed by atoms with Gasteiger partial charge in [-0.15, -0.1) is 0 Å². The van der Waals surface area contributed by atoms with E-state index in [0.717, 1.165) is 6.07 Å². The highest BCUT2D eigenvalue weighted by Crippen LogP contribution is 2.59. The Hall–Kier alpha value is -2.33. The molecule has 0 aromatic heterocycles. The molecule has 1 saturated carbocycles. The van der Waals surface area contributed by atoms with E-state index in [1.54, 1.807) is 13.0 Å². The van der Waals surface area contributed by atoms with Gasteiger partial charge in [0.1, 0.15) is 12.4 Å². The van der Waals surface area contributed by atoms with E-state index in [1.165, 1.54) is 7.11 Å². The molecule has 1 aromatic rings. The molecule has 140 valence electrons. The van der Waals surface area contributed by atoms with Crippen LogP contribution in [-0.2, 0) is 27.5 Å². The van der Waals surface area contributed by atoms with Crippen molar-refractivity contribution in [3.63, 3.8) is 0 Å². The van der Waals surface area contributed by atoms with Gasteiger partial charge in [0.2, 0.25) is 0 Å². The number of hydrogen-bond donors (Lipinski definition) is 0. The molecular formula is C19H20F3NO3. The summed E-state index contributed by atoms with van der Waals surface area (Å²) in [7, 11) is 1.24. The third kappa shape index (κ3) is 3.75. The van der Waals surface area contributed by atoms with Crippen molar-refractivity contribution in [3.05, 3.63) is 46.3 Å². The Bertz CT molecular complexity index is 796. The number of halogens is 3. The third-order valence-corrected chi connectivity index (χ3v) is 4.76. The SMILES string of the molecule is COCc1c(F)cc(COC(=O)[C@@H]2[C@@H](/C=C(/C)C#N)C2(C)C)c(F)c1F. The molecule has 2 rings (SSSR count). The van der Waals surface area contributed by atoms with Gasteiger partial charge in [-0.3, -0.25) is 4.79 Å². The van der Waals surface area contributed by atoms with Gasteiger partial charge < -0.3 is 9.47 Å². The van der Waals surface area contributed by atoms with Crippen LogP contribution in [0.15, 0.2) is 17.7 Å². The van der Waals surface area contributed by atoms with Gasteiger partial charge in [0.05, 0.1) is 24.2 Å². The van der Waals surface area contributed by atoms with Crippen LogP contribution in [0.1, 0.15) is 31.9 Å². The van der Waals surface area contributed by atoms with Crippen molar-refractivity contribution in [1.29, 1.82) is 5.26 Å². The Kier molecular flexibility index (Phi) is 5.77. The lowest BCUT2D eigenvalue weighted by Crippen LogP contribution is -2.13. The summed E-state index contributed by atoms with van der Waals surface area (Å²) in [6.45, 7) is 4.36. The predicted molar refractivity (Wildman–Crippen MR) is 87.0 cm³/mol. The third-order valence-electron chi connectivity index (χ3n) is 4.76. The fourth-order valence-electron chi connectivity index (χ4n) is 3.05. The summed E-state index contributed by atoms with van der Waals surface area (Å²) in [5.41, 5.74) is -0.804. The fraction of sp³-hybridized carbons (Fsp3) is 0.474. The van der Waals surface area contributed by atoms with Crippen LogP contribution >= 0.6 is 0 Å². The van der Waals surface area contributed by atoms with Gasteiger partial charge in [-0.1, -0.05) is 19.9 Å². The summed E-state index contributed by atoms with van der Waals surface area (Å²) < 4.78 is 51.5. The van der Waals surface area contributed by atoms with Crippen molar-refractivity contribution in [2.24, 2.45) is 17.3 Å². The van der Waals surface area contributed by atoms with Crippen molar-refractivity contribution in [2.75, 3.05) is 7.11 Å². The molecule has 0 aliphatic heterocycles. The molecule has 0 saturated heterocycles. The minimum Gasteiger partial charge on any atom is -0.460 e. The lowest BCUT2D eigenvalue weighted by atomic mass is 10.1. The van der Waals surface area contributed by atoms with Gasteiger partial charge in [0.25, 0.3) is 0 Å². The number of rotatable bonds is 6. The molecule has 0 heterocycles. The fourth-order valence-corrected chi connectivity index (χ4v) is 3.05. The zero-order valence-electron chi connectivity index (χ0n) is 15.0. The second kappa shape index (κ2) is 7.50. The number of carbonyl (C=O) groups excluding carboxylic acids is 1. The molecule has 1 aliphatic rings. The summed E-state index contributed by atoms with van der Waals surface area (Å²) in [6.07, 6.45) is 1.70. The minimum absolute atomic E-state index is 0.169. The number of carbonyl (C=O) groups is 1. The number of ether oxygens (including phenoxy) is 2. The Morgan fingerprint density at radius 1 is 1.31 bits per heavy atom. The van der Waals surface area contributed by atoms with E-state index in [-0.39, 0.29) is 11.5 Å². The molecule has 1 aromatic carbocycles. The molecule has 1 fully saturated rings. The molecule has 0 bridgehead atoms. The van der Waals surface area contributed by atoms with Gasteiger partial charge in [-0.2, -0.15) is 5.26 Å². The summed E-state index contributed by atoms with van der Waals surface area (Å²) in [5.74, 6) is -4.83. The van der Waals surface area contributed by atoms with E-state index in [9.17, 15) is 18.0 Å². The summed E-state index contributed by atoms with van der Waals surface area (Å²) in [6, 6.07) is 2.79. The van der Waals surface area contributed by atoms with E-state index in [1.807, 2.05) is 19.9 Å². The quantitative estimate of drug-likeness (QED) is 0.433. The van der Waals surface area contributed by atoms with Crippen molar-refractivity contribution < 1.29 is 27.4 Å². The molecule has 0 spiro atoms. The van der Waals surface area contributed by atoms with Gasteiger partial charge in [-0.25, -0.2) is 13.2 Å². The molecule has 0 N–H and O–H groups in total. The second-order valence-corrected chi connectivity index (χ2v) is 6.95. The molecule has 1 aliphatic carbocycles. The first-order valence-electron chi connectivity index (χ1n) is 8.04. The van der Waals surface area contributed by atoms with Crippen LogP contribution in [0.25, 0.3) is 0 Å². The maximum absolute atomic E-state index is 14.0. The molecule has 26 heavy (non-hydrogen) atoms. The number of methoxy groups -OCH3 is 1. The van der Waals surface area contributed by atoms with Gasteiger partial charge in [-0.05, 0) is 24.3 Å². The number of allylic oxidation sites excluding steroid dienone is 2. The Morgan fingerprint density at radius 2 is 1.96 bits per heavy atom. The topological polar surface area (TPSA) is 59.3 Å². The lowest BCUT2D eigenvalue weighted by Gasteiger charge is -2.10. The van der Waals surface area contributed by atoms with Crippen LogP contribution in [0.3, 0.4) is 0 Å². The van der Waals surface area contributed by atoms with Gasteiger partial charge in [0.15, 0.2) is 11.6 Å². The zero-order chi connectivity index (χ0) is 19.6. The van der Waals surface area contributed by atoms with E-state index < -0.39 is 53.5 Å². The first-order valence-corrected chi connectivity index (χ1v) is 8.04. The monoisotopic (exact) mass is 367 g/mol. The zero-order valence-corrected chi connectivity index (χ0v) is 15.0. The van der Waals surface area contributed by atoms with Crippen LogP contribution in [0, 0.1) is 46.0 Å². The largest absolute Gasteiger partial charge is 0.460 e. The number of hydrogen-bond acceptors (Lipinski definition) is 4. The molecule has 7 heteroatoms. The van der Waals surface area contributed by atoms with Crippen LogP contribution in [0.5, 0.6) is 0 Å². The highest BCUT2D eigenvalue weighted by molar-refractivity contribution is 5.78. The van der Waals surface area contributed by atoms with Crippen LogP contribution in [0.4, 0.5) is 13.2 Å². The molecule has 0 radical (unpaired) electrons. The number of benzene rings is 1. The van der Waals surface area contributed by atoms with Crippen molar-refractivity contribution in [3.8, 4) is 6.07 Å². The Morgan fingerprint density at radius 3 is 2.54 bits per heavy atom. The van der Waals surface area contributed by atoms with Crippen molar-refractivity contribution in [1.82, 2.24) is 0 Å². The second-order valence-electron chi connectivity index (χ2n) is 6.95. The highest BCUT2D eigenvalue weighted by Gasteiger charge is 2.61. The number of nitrogens with zero attached hydrogens (tertiary/aromatic N) is 1. The minimum atomic E-state index is -1.35. The first-order chi connectivity index (χ1) is 12.1. The Balaban J connectivity index is 2.10. The average Bonchev–Trinajstić information content (AvgIpc) is 3.13. The van der Waals surface area contributed by atoms with Gasteiger partial charge >= 0.3 is 5.97 Å².